The molecule has 6 nitrogen and oxygen atoms in total. The molecule has 0 aliphatic heterocycles. The highest BCUT2D eigenvalue weighted by Gasteiger charge is 2.75. The first-order valence-corrected chi connectivity index (χ1v) is 6.77. The van der Waals surface area contributed by atoms with E-state index in [0.717, 1.165) is 14.2 Å². The van der Waals surface area contributed by atoms with E-state index in [4.69, 9.17) is 0 Å². The summed E-state index contributed by atoms with van der Waals surface area (Å²) in [6.45, 7) is 0. The largest absolute Gasteiger partial charge is 0.468 e. The average Bonchev–Trinajstić information content (AvgIpc) is 3.18. The molecule has 96 valence electrons. The number of hydrogen-bond donors (Lipinski definition) is 0. The summed E-state index contributed by atoms with van der Waals surface area (Å²) in [4.78, 5) is 23.1. The molecule has 0 N–H and O–H groups in total. The van der Waals surface area contributed by atoms with Crippen LogP contribution in [0.25, 0.3) is 0 Å². The van der Waals surface area contributed by atoms with Crippen LogP contribution in [0.4, 0.5) is 0 Å². The minimum atomic E-state index is -3.89. The zero-order valence-electron chi connectivity index (χ0n) is 9.69. The van der Waals surface area contributed by atoms with E-state index in [-0.39, 0.29) is 25.7 Å². The highest BCUT2D eigenvalue weighted by atomic mass is 32.2. The van der Waals surface area contributed by atoms with Gasteiger partial charge < -0.3 is 9.47 Å². The van der Waals surface area contributed by atoms with Crippen LogP contribution in [0.1, 0.15) is 25.7 Å². The molecule has 2 rings (SSSR count). The maximum Gasteiger partial charge on any atom is 0.327 e. The van der Waals surface area contributed by atoms with Gasteiger partial charge in [-0.15, -0.1) is 0 Å². The monoisotopic (exact) mass is 262 g/mol. The van der Waals surface area contributed by atoms with E-state index >= 15 is 0 Å². The first-order chi connectivity index (χ1) is 7.88. The smallest absolute Gasteiger partial charge is 0.327 e. The Bertz CT molecular complexity index is 431. The predicted molar refractivity (Wildman–Crippen MR) is 56.9 cm³/mol. The third-order valence-electron chi connectivity index (χ3n) is 3.55. The van der Waals surface area contributed by atoms with E-state index in [1.807, 2.05) is 0 Å². The molecule has 0 unspecified atom stereocenters. The highest BCUT2D eigenvalue weighted by Crippen LogP contribution is 2.57. The van der Waals surface area contributed by atoms with Gasteiger partial charge in [0.1, 0.15) is 0 Å². The zero-order chi connectivity index (χ0) is 12.9. The first kappa shape index (κ1) is 12.3. The standard InChI is InChI=1S/C10H14O6S/c1-15-7(11)9(3-4-9)17(13,14)10(5-6-10)8(12)16-2/h3-6H2,1-2H3. The lowest BCUT2D eigenvalue weighted by Gasteiger charge is -2.20. The molecule has 0 aromatic heterocycles. The molecule has 0 amide bonds. The van der Waals surface area contributed by atoms with Crippen molar-refractivity contribution < 1.29 is 27.5 Å². The third-order valence-corrected chi connectivity index (χ3v) is 6.76. The molecular weight excluding hydrogens is 248 g/mol. The van der Waals surface area contributed by atoms with Crippen molar-refractivity contribution in [3.05, 3.63) is 0 Å². The van der Waals surface area contributed by atoms with E-state index in [1.54, 1.807) is 0 Å². The number of hydrogen-bond acceptors (Lipinski definition) is 6. The molecule has 0 saturated heterocycles. The number of rotatable bonds is 4. The van der Waals surface area contributed by atoms with Crippen LogP contribution in [-0.4, -0.2) is 44.1 Å². The van der Waals surface area contributed by atoms with Crippen molar-refractivity contribution in [2.24, 2.45) is 0 Å². The molecule has 2 aliphatic carbocycles. The molecule has 0 aromatic carbocycles. The van der Waals surface area contributed by atoms with Crippen molar-refractivity contribution in [2.75, 3.05) is 14.2 Å². The molecule has 2 fully saturated rings. The summed E-state index contributed by atoms with van der Waals surface area (Å²) in [6, 6.07) is 0. The van der Waals surface area contributed by atoms with Crippen LogP contribution in [0.3, 0.4) is 0 Å². The minimum absolute atomic E-state index is 0.223. The lowest BCUT2D eigenvalue weighted by Crippen LogP contribution is -2.46. The zero-order valence-corrected chi connectivity index (χ0v) is 10.5. The van der Waals surface area contributed by atoms with Crippen molar-refractivity contribution in [3.8, 4) is 0 Å². The van der Waals surface area contributed by atoms with E-state index in [2.05, 4.69) is 9.47 Å². The summed E-state index contributed by atoms with van der Waals surface area (Å²) >= 11 is 0. The fourth-order valence-corrected chi connectivity index (χ4v) is 4.77. The molecule has 0 radical (unpaired) electrons. The van der Waals surface area contributed by atoms with Crippen LogP contribution in [0.2, 0.25) is 0 Å². The van der Waals surface area contributed by atoms with E-state index in [9.17, 15) is 18.0 Å². The van der Waals surface area contributed by atoms with Crippen molar-refractivity contribution in [1.82, 2.24) is 0 Å². The topological polar surface area (TPSA) is 86.7 Å². The van der Waals surface area contributed by atoms with Gasteiger partial charge in [0.2, 0.25) is 0 Å². The second-order valence-corrected chi connectivity index (χ2v) is 7.05. The molecule has 0 heterocycles. The first-order valence-electron chi connectivity index (χ1n) is 5.29. The van der Waals surface area contributed by atoms with Crippen molar-refractivity contribution in [1.29, 1.82) is 0 Å². The van der Waals surface area contributed by atoms with Crippen LogP contribution in [-0.2, 0) is 28.9 Å². The van der Waals surface area contributed by atoms with Gasteiger partial charge in [-0.1, -0.05) is 0 Å². The number of ether oxygens (including phenoxy) is 2. The predicted octanol–water partition coefficient (Wildman–Crippen LogP) is -0.188. The van der Waals surface area contributed by atoms with Gasteiger partial charge in [0.05, 0.1) is 14.2 Å². The van der Waals surface area contributed by atoms with Crippen LogP contribution in [0, 0.1) is 0 Å². The lowest BCUT2D eigenvalue weighted by molar-refractivity contribution is -0.141. The number of esters is 2. The minimum Gasteiger partial charge on any atom is -0.468 e. The quantitative estimate of drug-likeness (QED) is 0.653. The average molecular weight is 262 g/mol. The Balaban J connectivity index is 2.39. The number of sulfone groups is 1. The van der Waals surface area contributed by atoms with E-state index < -0.39 is 31.3 Å². The summed E-state index contributed by atoms with van der Waals surface area (Å²) in [6.07, 6.45) is 0.892. The SMILES string of the molecule is COC(=O)C1(S(=O)(=O)C2(C(=O)OC)CC2)CC1. The molecule has 0 spiro atoms. The number of carbonyl (C=O) groups is 2. The van der Waals surface area contributed by atoms with Crippen molar-refractivity contribution in [3.63, 3.8) is 0 Å². The van der Waals surface area contributed by atoms with Crippen LogP contribution < -0.4 is 0 Å². The Labute approximate surface area is 99.2 Å². The summed E-state index contributed by atoms with van der Waals surface area (Å²) in [5.41, 5.74) is 0. The van der Waals surface area contributed by atoms with Crippen LogP contribution >= 0.6 is 0 Å². The van der Waals surface area contributed by atoms with Crippen LogP contribution in [0.5, 0.6) is 0 Å². The summed E-state index contributed by atoms with van der Waals surface area (Å²) in [5.74, 6) is -1.54. The fourth-order valence-electron chi connectivity index (χ4n) is 2.14. The van der Waals surface area contributed by atoms with E-state index in [0.29, 0.717) is 0 Å². The van der Waals surface area contributed by atoms with Gasteiger partial charge in [0, 0.05) is 0 Å². The van der Waals surface area contributed by atoms with Gasteiger partial charge >= 0.3 is 11.9 Å². The van der Waals surface area contributed by atoms with Gasteiger partial charge in [-0.2, -0.15) is 0 Å². The normalized spacial score (nSPS) is 23.6. The van der Waals surface area contributed by atoms with Crippen LogP contribution in [0.15, 0.2) is 0 Å². The fraction of sp³-hybridized carbons (Fsp3) is 0.800. The molecule has 7 heteroatoms. The van der Waals surface area contributed by atoms with Gasteiger partial charge in [-0.3, -0.25) is 9.59 Å². The maximum atomic E-state index is 12.4. The second-order valence-electron chi connectivity index (χ2n) is 4.48. The molecule has 2 aliphatic rings. The second kappa shape index (κ2) is 3.44. The van der Waals surface area contributed by atoms with Crippen molar-refractivity contribution in [2.45, 2.75) is 35.2 Å². The summed E-state index contributed by atoms with van der Waals surface area (Å²) < 4.78 is 30.8. The number of carbonyl (C=O) groups excluding carboxylic acids is 2. The molecule has 0 aromatic rings. The molecular formula is C10H14O6S. The Hall–Kier alpha value is -1.11. The molecule has 17 heavy (non-hydrogen) atoms. The highest BCUT2D eigenvalue weighted by molar-refractivity contribution is 7.96. The maximum absolute atomic E-state index is 12.4. The Morgan fingerprint density at radius 3 is 1.35 bits per heavy atom. The Kier molecular flexibility index (Phi) is 2.50. The van der Waals surface area contributed by atoms with Gasteiger partial charge in [0.25, 0.3) is 0 Å². The van der Waals surface area contributed by atoms with Gasteiger partial charge in [-0.25, -0.2) is 8.42 Å². The molecule has 0 atom stereocenters. The Morgan fingerprint density at radius 2 is 1.18 bits per heavy atom. The molecule has 0 bridgehead atoms. The van der Waals surface area contributed by atoms with Gasteiger partial charge in [-0.05, 0) is 25.7 Å². The Morgan fingerprint density at radius 1 is 0.882 bits per heavy atom. The third kappa shape index (κ3) is 1.34. The number of methoxy groups -OCH3 is 2. The molecule has 2 saturated carbocycles. The summed E-state index contributed by atoms with van der Waals surface area (Å²) in [7, 11) is -1.59. The summed E-state index contributed by atoms with van der Waals surface area (Å²) in [5, 5.41) is 0. The van der Waals surface area contributed by atoms with Crippen molar-refractivity contribution >= 4 is 21.8 Å². The van der Waals surface area contributed by atoms with E-state index in [1.165, 1.54) is 0 Å². The lowest BCUT2D eigenvalue weighted by atomic mass is 10.4. The van der Waals surface area contributed by atoms with Gasteiger partial charge in [0.15, 0.2) is 19.3 Å².